The lowest BCUT2D eigenvalue weighted by atomic mass is 10.2. The predicted molar refractivity (Wildman–Crippen MR) is 121 cm³/mol. The molecule has 34 heavy (non-hydrogen) atoms. The number of thiazole rings is 1. The summed E-state index contributed by atoms with van der Waals surface area (Å²) < 4.78 is 54.8. The molecule has 0 N–H and O–H groups in total. The topological polar surface area (TPSA) is 80.9 Å². The molecule has 4 rings (SSSR count). The molecule has 1 fully saturated rings. The quantitative estimate of drug-likeness (QED) is 0.424. The zero-order chi connectivity index (χ0) is 24.8. The smallest absolute Gasteiger partial charge is 0.444 e. The van der Waals surface area contributed by atoms with Gasteiger partial charge >= 0.3 is 12.5 Å². The van der Waals surface area contributed by atoms with Crippen molar-refractivity contribution < 1.29 is 31.9 Å². The first-order valence-electron chi connectivity index (χ1n) is 10.4. The van der Waals surface area contributed by atoms with Crippen molar-refractivity contribution in [3.8, 4) is 16.3 Å². The summed E-state index contributed by atoms with van der Waals surface area (Å²) in [5.41, 5.74) is -0.305. The SMILES string of the molecule is C[C@@H]1CN(c2nc3c(OC(F)(F)F)c(Cl)cc(-c4nccs4)c3o2)CCN1C(=O)OC(C)(C)C. The zero-order valence-corrected chi connectivity index (χ0v) is 20.3. The normalized spacial score (nSPS) is 17.4. The van der Waals surface area contributed by atoms with Gasteiger partial charge in [0.25, 0.3) is 6.01 Å². The molecule has 3 heterocycles. The van der Waals surface area contributed by atoms with Crippen LogP contribution >= 0.6 is 22.9 Å². The highest BCUT2D eigenvalue weighted by Crippen LogP contribution is 2.44. The molecule has 0 spiro atoms. The molecule has 1 saturated heterocycles. The van der Waals surface area contributed by atoms with Crippen LogP contribution in [-0.2, 0) is 4.74 Å². The fourth-order valence-electron chi connectivity index (χ4n) is 3.60. The molecule has 0 aliphatic carbocycles. The molecular weight excluding hydrogens is 497 g/mol. The highest BCUT2D eigenvalue weighted by atomic mass is 35.5. The van der Waals surface area contributed by atoms with Gasteiger partial charge in [0.2, 0.25) is 0 Å². The Bertz CT molecular complexity index is 1190. The molecule has 1 amide bonds. The van der Waals surface area contributed by atoms with Crippen LogP contribution in [0.1, 0.15) is 27.7 Å². The van der Waals surface area contributed by atoms with Gasteiger partial charge in [-0.1, -0.05) is 11.6 Å². The number of nitrogens with zero attached hydrogens (tertiary/aromatic N) is 4. The molecule has 1 aliphatic rings. The summed E-state index contributed by atoms with van der Waals surface area (Å²) in [7, 11) is 0. The molecule has 2 aromatic heterocycles. The summed E-state index contributed by atoms with van der Waals surface area (Å²) in [4.78, 5) is 24.4. The van der Waals surface area contributed by atoms with Crippen molar-refractivity contribution in [3.05, 3.63) is 22.7 Å². The number of halogens is 4. The number of aromatic nitrogens is 2. The van der Waals surface area contributed by atoms with Crippen LogP contribution in [-0.4, -0.2) is 58.6 Å². The fourth-order valence-corrected chi connectivity index (χ4v) is 4.49. The van der Waals surface area contributed by atoms with E-state index in [9.17, 15) is 18.0 Å². The average molecular weight is 519 g/mol. The molecular formula is C21H22ClF3N4O4S. The van der Waals surface area contributed by atoms with E-state index in [4.69, 9.17) is 20.8 Å². The molecule has 3 aromatic rings. The van der Waals surface area contributed by atoms with Crippen molar-refractivity contribution in [2.45, 2.75) is 45.7 Å². The average Bonchev–Trinajstić information content (AvgIpc) is 3.38. The number of hydrogen-bond donors (Lipinski definition) is 0. The molecule has 8 nitrogen and oxygen atoms in total. The van der Waals surface area contributed by atoms with E-state index >= 15 is 0 Å². The number of anilines is 1. The number of benzene rings is 1. The van der Waals surface area contributed by atoms with Gasteiger partial charge in [0.05, 0.1) is 10.6 Å². The van der Waals surface area contributed by atoms with E-state index in [-0.39, 0.29) is 28.2 Å². The summed E-state index contributed by atoms with van der Waals surface area (Å²) in [5, 5.41) is 1.97. The number of hydrogen-bond acceptors (Lipinski definition) is 8. The first-order chi connectivity index (χ1) is 15.8. The van der Waals surface area contributed by atoms with Crippen molar-refractivity contribution in [1.82, 2.24) is 14.9 Å². The lowest BCUT2D eigenvalue weighted by Crippen LogP contribution is -2.55. The molecule has 0 bridgehead atoms. The van der Waals surface area contributed by atoms with E-state index in [0.29, 0.717) is 30.2 Å². The number of alkyl halides is 3. The summed E-state index contributed by atoms with van der Waals surface area (Å²) in [6, 6.07) is 1.16. The van der Waals surface area contributed by atoms with Gasteiger partial charge in [-0.3, -0.25) is 0 Å². The Hall–Kier alpha value is -2.73. The molecule has 1 aromatic carbocycles. The van der Waals surface area contributed by atoms with Gasteiger partial charge in [0, 0.05) is 37.3 Å². The second kappa shape index (κ2) is 8.81. The first-order valence-corrected chi connectivity index (χ1v) is 11.6. The van der Waals surface area contributed by atoms with E-state index in [1.54, 1.807) is 42.1 Å². The Kier molecular flexibility index (Phi) is 6.32. The molecule has 0 radical (unpaired) electrons. The number of amides is 1. The lowest BCUT2D eigenvalue weighted by Gasteiger charge is -2.39. The monoisotopic (exact) mass is 518 g/mol. The van der Waals surface area contributed by atoms with Gasteiger partial charge < -0.3 is 23.7 Å². The molecule has 184 valence electrons. The van der Waals surface area contributed by atoms with Crippen LogP contribution in [0, 0.1) is 0 Å². The van der Waals surface area contributed by atoms with Crippen molar-refractivity contribution >= 4 is 46.1 Å². The van der Waals surface area contributed by atoms with Gasteiger partial charge in [-0.15, -0.1) is 24.5 Å². The third kappa shape index (κ3) is 5.17. The third-order valence-corrected chi connectivity index (χ3v) is 6.06. The molecule has 1 aliphatic heterocycles. The first kappa shape index (κ1) is 24.4. The number of fused-ring (bicyclic) bond motifs is 1. The maximum absolute atomic E-state index is 13.1. The molecule has 0 unspecified atom stereocenters. The summed E-state index contributed by atoms with van der Waals surface area (Å²) in [6.07, 6.45) is -3.84. The Morgan fingerprint density at radius 3 is 2.62 bits per heavy atom. The number of rotatable bonds is 3. The highest BCUT2D eigenvalue weighted by Gasteiger charge is 2.36. The summed E-state index contributed by atoms with van der Waals surface area (Å²) in [6.45, 7) is 8.20. The van der Waals surface area contributed by atoms with Gasteiger partial charge in [-0.25, -0.2) is 9.78 Å². The van der Waals surface area contributed by atoms with E-state index in [1.165, 1.54) is 17.4 Å². The number of carbonyl (C=O) groups excluding carboxylic acids is 1. The second-order valence-electron chi connectivity index (χ2n) is 8.76. The number of piperazine rings is 1. The summed E-state index contributed by atoms with van der Waals surface area (Å²) in [5.74, 6) is -0.639. The Labute approximate surface area is 202 Å². The number of carbonyl (C=O) groups is 1. The Morgan fingerprint density at radius 2 is 2.03 bits per heavy atom. The van der Waals surface area contributed by atoms with Gasteiger partial charge in [0.15, 0.2) is 16.8 Å². The van der Waals surface area contributed by atoms with E-state index in [2.05, 4.69) is 14.7 Å². The molecule has 13 heteroatoms. The number of ether oxygens (including phenoxy) is 2. The molecule has 1 atom stereocenters. The van der Waals surface area contributed by atoms with Crippen molar-refractivity contribution in [3.63, 3.8) is 0 Å². The van der Waals surface area contributed by atoms with Gasteiger partial charge in [0.1, 0.15) is 10.6 Å². The second-order valence-corrected chi connectivity index (χ2v) is 10.1. The van der Waals surface area contributed by atoms with Crippen LogP contribution < -0.4 is 9.64 Å². The van der Waals surface area contributed by atoms with Crippen molar-refractivity contribution in [1.29, 1.82) is 0 Å². The summed E-state index contributed by atoms with van der Waals surface area (Å²) >= 11 is 7.43. The predicted octanol–water partition coefficient (Wildman–Crippen LogP) is 5.95. The van der Waals surface area contributed by atoms with Crippen molar-refractivity contribution in [2.24, 2.45) is 0 Å². The van der Waals surface area contributed by atoms with E-state index < -0.39 is 23.8 Å². The maximum atomic E-state index is 13.1. The van der Waals surface area contributed by atoms with Gasteiger partial charge in [-0.2, -0.15) is 4.98 Å². The van der Waals surface area contributed by atoms with Gasteiger partial charge in [-0.05, 0) is 33.8 Å². The Balaban J connectivity index is 1.68. The lowest BCUT2D eigenvalue weighted by molar-refractivity contribution is -0.274. The van der Waals surface area contributed by atoms with Crippen LogP contribution in [0.15, 0.2) is 22.1 Å². The van der Waals surface area contributed by atoms with Crippen molar-refractivity contribution in [2.75, 3.05) is 24.5 Å². The highest BCUT2D eigenvalue weighted by molar-refractivity contribution is 7.13. The van der Waals surface area contributed by atoms with Crippen LogP contribution in [0.2, 0.25) is 5.02 Å². The third-order valence-electron chi connectivity index (χ3n) is 4.97. The number of oxazole rings is 1. The molecule has 0 saturated carbocycles. The van der Waals surface area contributed by atoms with Crippen LogP contribution in [0.25, 0.3) is 21.7 Å². The van der Waals surface area contributed by atoms with Crippen LogP contribution in [0.4, 0.5) is 24.0 Å². The van der Waals surface area contributed by atoms with E-state index in [1.807, 2.05) is 6.92 Å². The van der Waals surface area contributed by atoms with Crippen LogP contribution in [0.3, 0.4) is 0 Å². The Morgan fingerprint density at radius 1 is 1.29 bits per heavy atom. The fraction of sp³-hybridized carbons (Fsp3) is 0.476. The standard InChI is InChI=1S/C21H22ClF3N4O4S/c1-11-10-28(6-7-29(11)19(30)33-20(2,3)4)18-27-14-15(31-18)12(17-26-5-8-34-17)9-13(22)16(14)32-21(23,24)25/h5,8-9,11H,6-7,10H2,1-4H3/t11-/m1/s1. The minimum absolute atomic E-state index is 0.0795. The zero-order valence-electron chi connectivity index (χ0n) is 18.8. The van der Waals surface area contributed by atoms with E-state index in [0.717, 1.165) is 0 Å². The minimum Gasteiger partial charge on any atom is -0.444 e. The minimum atomic E-state index is -4.97. The maximum Gasteiger partial charge on any atom is 0.573 e. The van der Waals surface area contributed by atoms with Crippen LogP contribution in [0.5, 0.6) is 5.75 Å². The largest absolute Gasteiger partial charge is 0.573 e.